The summed E-state index contributed by atoms with van der Waals surface area (Å²) < 4.78 is 0. The smallest absolute Gasteiger partial charge is 0.222 e. The molecular weight excluding hydrogens is 308 g/mol. The fourth-order valence-electron chi connectivity index (χ4n) is 2.42. The first-order valence-corrected chi connectivity index (χ1v) is 9.19. The van der Waals surface area contributed by atoms with E-state index in [9.17, 15) is 4.79 Å². The van der Waals surface area contributed by atoms with Crippen molar-refractivity contribution in [3.63, 3.8) is 0 Å². The van der Waals surface area contributed by atoms with Gasteiger partial charge in [0.2, 0.25) is 5.91 Å². The quantitative estimate of drug-likeness (QED) is 0.525. The first-order chi connectivity index (χ1) is 11.3. The molecule has 23 heavy (non-hydrogen) atoms. The van der Waals surface area contributed by atoms with Gasteiger partial charge in [0.15, 0.2) is 5.96 Å². The van der Waals surface area contributed by atoms with Crippen molar-refractivity contribution in [3.05, 3.63) is 35.9 Å². The second kappa shape index (κ2) is 10.2. The summed E-state index contributed by atoms with van der Waals surface area (Å²) in [5.41, 5.74) is 1.11. The highest BCUT2D eigenvalue weighted by Gasteiger charge is 2.15. The molecule has 6 heteroatoms. The van der Waals surface area contributed by atoms with Gasteiger partial charge in [-0.3, -0.25) is 9.79 Å². The number of hydrogen-bond acceptors (Lipinski definition) is 3. The molecule has 1 fully saturated rings. The maximum Gasteiger partial charge on any atom is 0.222 e. The normalized spacial score (nSPS) is 17.8. The highest BCUT2D eigenvalue weighted by Crippen LogP contribution is 2.25. The molecule has 2 rings (SSSR count). The Hall–Kier alpha value is -1.69. The lowest BCUT2D eigenvalue weighted by Crippen LogP contribution is -2.41. The summed E-state index contributed by atoms with van der Waals surface area (Å²) in [5, 5.41) is 10.1. The Morgan fingerprint density at radius 2 is 2.09 bits per heavy atom. The molecule has 0 radical (unpaired) electrons. The molecule has 0 bridgehead atoms. The molecule has 1 unspecified atom stereocenters. The number of thioether (sulfide) groups is 1. The van der Waals surface area contributed by atoms with E-state index >= 15 is 0 Å². The lowest BCUT2D eigenvalue weighted by molar-refractivity contribution is -0.121. The first-order valence-electron chi connectivity index (χ1n) is 8.14. The van der Waals surface area contributed by atoms with E-state index in [4.69, 9.17) is 0 Å². The van der Waals surface area contributed by atoms with Crippen LogP contribution in [0.25, 0.3) is 0 Å². The molecule has 1 atom stereocenters. The molecule has 1 aliphatic heterocycles. The molecule has 1 saturated heterocycles. The Bertz CT molecular complexity index is 501. The monoisotopic (exact) mass is 334 g/mol. The number of nitrogens with zero attached hydrogens (tertiary/aromatic N) is 1. The molecule has 1 aromatic rings. The third-order valence-electron chi connectivity index (χ3n) is 3.72. The Morgan fingerprint density at radius 3 is 2.78 bits per heavy atom. The minimum Gasteiger partial charge on any atom is -0.356 e. The van der Waals surface area contributed by atoms with Gasteiger partial charge in [0.25, 0.3) is 0 Å². The van der Waals surface area contributed by atoms with Crippen molar-refractivity contribution in [2.24, 2.45) is 4.99 Å². The van der Waals surface area contributed by atoms with Crippen LogP contribution >= 0.6 is 11.8 Å². The first kappa shape index (κ1) is 17.7. The predicted molar refractivity (Wildman–Crippen MR) is 97.8 cm³/mol. The van der Waals surface area contributed by atoms with Gasteiger partial charge >= 0.3 is 0 Å². The average molecular weight is 334 g/mol. The number of guanidine groups is 1. The van der Waals surface area contributed by atoms with Gasteiger partial charge in [-0.15, -0.1) is 0 Å². The van der Waals surface area contributed by atoms with Crippen molar-refractivity contribution in [1.29, 1.82) is 0 Å². The summed E-state index contributed by atoms with van der Waals surface area (Å²) in [4.78, 5) is 16.0. The SMILES string of the molecule is CN=C(NCCC(=O)NCc1ccccc1)NCC1CCCS1. The van der Waals surface area contributed by atoms with Crippen LogP contribution < -0.4 is 16.0 Å². The van der Waals surface area contributed by atoms with Crippen LogP contribution in [-0.4, -0.2) is 43.0 Å². The van der Waals surface area contributed by atoms with Crippen LogP contribution in [0, 0.1) is 0 Å². The molecule has 0 aromatic heterocycles. The van der Waals surface area contributed by atoms with Crippen LogP contribution in [0.5, 0.6) is 0 Å². The highest BCUT2D eigenvalue weighted by molar-refractivity contribution is 8.00. The van der Waals surface area contributed by atoms with Crippen molar-refractivity contribution in [3.8, 4) is 0 Å². The topological polar surface area (TPSA) is 65.5 Å². The molecule has 126 valence electrons. The van der Waals surface area contributed by atoms with E-state index in [0.29, 0.717) is 24.8 Å². The predicted octanol–water partition coefficient (Wildman–Crippen LogP) is 1.75. The number of aliphatic imine (C=N–C) groups is 1. The van der Waals surface area contributed by atoms with Crippen molar-refractivity contribution in [2.45, 2.75) is 31.1 Å². The summed E-state index contributed by atoms with van der Waals surface area (Å²) in [6.07, 6.45) is 3.02. The third kappa shape index (κ3) is 6.95. The Kier molecular flexibility index (Phi) is 7.80. The second-order valence-electron chi connectivity index (χ2n) is 5.53. The zero-order valence-electron chi connectivity index (χ0n) is 13.7. The van der Waals surface area contributed by atoms with E-state index in [1.165, 1.54) is 18.6 Å². The maximum atomic E-state index is 11.8. The number of nitrogens with one attached hydrogen (secondary N) is 3. The molecule has 1 aliphatic rings. The zero-order chi connectivity index (χ0) is 16.3. The Balaban J connectivity index is 1.57. The Labute approximate surface area is 142 Å². The number of carbonyl (C=O) groups excluding carboxylic acids is 1. The van der Waals surface area contributed by atoms with Crippen molar-refractivity contribution >= 4 is 23.6 Å². The largest absolute Gasteiger partial charge is 0.356 e. The summed E-state index contributed by atoms with van der Waals surface area (Å²) in [6.45, 7) is 2.09. The number of benzene rings is 1. The van der Waals surface area contributed by atoms with Gasteiger partial charge in [0.05, 0.1) is 0 Å². The molecule has 0 spiro atoms. The van der Waals surface area contributed by atoms with Crippen LogP contribution in [0.4, 0.5) is 0 Å². The third-order valence-corrected chi connectivity index (χ3v) is 5.12. The van der Waals surface area contributed by atoms with Gasteiger partial charge in [-0.2, -0.15) is 11.8 Å². The van der Waals surface area contributed by atoms with Crippen LogP contribution in [0.3, 0.4) is 0 Å². The summed E-state index contributed by atoms with van der Waals surface area (Å²) >= 11 is 2.02. The van der Waals surface area contributed by atoms with E-state index in [2.05, 4.69) is 20.9 Å². The van der Waals surface area contributed by atoms with Crippen molar-refractivity contribution in [2.75, 3.05) is 25.9 Å². The molecule has 0 saturated carbocycles. The second-order valence-corrected chi connectivity index (χ2v) is 6.94. The van der Waals surface area contributed by atoms with Crippen LogP contribution in [0.1, 0.15) is 24.8 Å². The fraction of sp³-hybridized carbons (Fsp3) is 0.529. The summed E-state index contributed by atoms with van der Waals surface area (Å²) in [5.74, 6) is 2.08. The van der Waals surface area contributed by atoms with Crippen LogP contribution in [0.15, 0.2) is 35.3 Å². The van der Waals surface area contributed by atoms with Gasteiger partial charge in [-0.1, -0.05) is 30.3 Å². The maximum absolute atomic E-state index is 11.8. The van der Waals surface area contributed by atoms with E-state index in [0.717, 1.165) is 18.1 Å². The van der Waals surface area contributed by atoms with Gasteiger partial charge in [-0.25, -0.2) is 0 Å². The summed E-state index contributed by atoms with van der Waals surface area (Å²) in [6, 6.07) is 9.93. The molecule has 3 N–H and O–H groups in total. The van der Waals surface area contributed by atoms with Crippen LogP contribution in [-0.2, 0) is 11.3 Å². The summed E-state index contributed by atoms with van der Waals surface area (Å²) in [7, 11) is 1.76. The number of hydrogen-bond donors (Lipinski definition) is 3. The van der Waals surface area contributed by atoms with E-state index in [1.807, 2.05) is 42.1 Å². The minimum absolute atomic E-state index is 0.0446. The lowest BCUT2D eigenvalue weighted by Gasteiger charge is -2.14. The lowest BCUT2D eigenvalue weighted by atomic mass is 10.2. The average Bonchev–Trinajstić information content (AvgIpc) is 3.10. The van der Waals surface area contributed by atoms with E-state index < -0.39 is 0 Å². The number of carbonyl (C=O) groups is 1. The number of amides is 1. The van der Waals surface area contributed by atoms with Gasteiger partial charge in [-0.05, 0) is 24.2 Å². The zero-order valence-corrected chi connectivity index (χ0v) is 14.5. The minimum atomic E-state index is 0.0446. The van der Waals surface area contributed by atoms with Gasteiger partial charge < -0.3 is 16.0 Å². The molecular formula is C17H26N4OS. The van der Waals surface area contributed by atoms with Crippen molar-refractivity contribution in [1.82, 2.24) is 16.0 Å². The van der Waals surface area contributed by atoms with E-state index in [1.54, 1.807) is 7.05 Å². The molecule has 1 heterocycles. The molecule has 1 aromatic carbocycles. The van der Waals surface area contributed by atoms with E-state index in [-0.39, 0.29) is 5.91 Å². The Morgan fingerprint density at radius 1 is 1.26 bits per heavy atom. The van der Waals surface area contributed by atoms with Gasteiger partial charge in [0, 0.05) is 38.4 Å². The molecule has 0 aliphatic carbocycles. The molecule has 1 amide bonds. The standard InChI is InChI=1S/C17H26N4OS/c1-18-17(21-13-15-8-5-11-23-15)19-10-9-16(22)20-12-14-6-3-2-4-7-14/h2-4,6-7,15H,5,8-13H2,1H3,(H,20,22)(H2,18,19,21). The highest BCUT2D eigenvalue weighted by atomic mass is 32.2. The van der Waals surface area contributed by atoms with Crippen molar-refractivity contribution < 1.29 is 4.79 Å². The fourth-order valence-corrected chi connectivity index (χ4v) is 3.62. The number of rotatable bonds is 7. The van der Waals surface area contributed by atoms with Crippen LogP contribution in [0.2, 0.25) is 0 Å². The molecule has 5 nitrogen and oxygen atoms in total. The van der Waals surface area contributed by atoms with Gasteiger partial charge in [0.1, 0.15) is 0 Å².